The van der Waals surface area contributed by atoms with Crippen LogP contribution in [-0.4, -0.2) is 30.3 Å². The molecule has 0 fully saturated rings. The van der Waals surface area contributed by atoms with Gasteiger partial charge in [0.25, 0.3) is 0 Å². The molecule has 0 aliphatic rings. The predicted octanol–water partition coefficient (Wildman–Crippen LogP) is 2.28. The minimum Gasteiger partial charge on any atom is -0.358 e. The van der Waals surface area contributed by atoms with Crippen molar-refractivity contribution in [2.45, 2.75) is 73.4 Å². The van der Waals surface area contributed by atoms with E-state index in [2.05, 4.69) is 5.32 Å². The van der Waals surface area contributed by atoms with E-state index in [1.54, 1.807) is 0 Å². The second-order valence-corrected chi connectivity index (χ2v) is 4.37. The molecule has 0 aromatic rings. The van der Waals surface area contributed by atoms with Crippen molar-refractivity contribution in [3.05, 3.63) is 7.43 Å². The molecular weight excluding hydrogens is 450 g/mol. The Morgan fingerprint density at radius 2 is 1.50 bits per heavy atom. The van der Waals surface area contributed by atoms with Crippen LogP contribution in [0, 0.1) is 13.3 Å². The van der Waals surface area contributed by atoms with E-state index in [9.17, 15) is 9.59 Å². The van der Waals surface area contributed by atoms with E-state index in [0.29, 0.717) is 19.4 Å². The summed E-state index contributed by atoms with van der Waals surface area (Å²) in [6, 6.07) is -1.03. The summed E-state index contributed by atoms with van der Waals surface area (Å²) < 4.78 is 0. The Balaban J connectivity index is -0.000000147. The molecule has 0 rings (SSSR count). The first-order chi connectivity index (χ1) is 9.40. The van der Waals surface area contributed by atoms with E-state index in [0.717, 1.165) is 0 Å². The van der Waals surface area contributed by atoms with Gasteiger partial charge < -0.3 is 24.2 Å². The van der Waals surface area contributed by atoms with E-state index in [4.69, 9.17) is 11.5 Å². The zero-order valence-corrected chi connectivity index (χ0v) is 18.7. The third-order valence-electron chi connectivity index (χ3n) is 2.53. The van der Waals surface area contributed by atoms with Crippen LogP contribution in [0.5, 0.6) is 0 Å². The molecule has 0 aromatic heterocycles. The van der Waals surface area contributed by atoms with E-state index in [-0.39, 0.29) is 46.1 Å². The van der Waals surface area contributed by atoms with Crippen LogP contribution >= 0.6 is 0 Å². The quantitative estimate of drug-likeness (QED) is 0.479. The third kappa shape index (κ3) is 17.8. The number of ketones is 1. The molecule has 1 amide bonds. The minimum absolute atomic E-state index is 0. The first-order valence-electron chi connectivity index (χ1n) is 7.66. The van der Waals surface area contributed by atoms with E-state index in [1.165, 1.54) is 6.92 Å². The molecule has 136 valence electrons. The molecule has 6 heteroatoms. The average molecular weight is 488 g/mol. The van der Waals surface area contributed by atoms with Gasteiger partial charge >= 0.3 is 0 Å². The van der Waals surface area contributed by atoms with Crippen LogP contribution < -0.4 is 16.8 Å². The van der Waals surface area contributed by atoms with Crippen molar-refractivity contribution in [1.82, 2.24) is 5.32 Å². The Labute approximate surface area is 152 Å². The molecule has 0 saturated heterocycles. The van der Waals surface area contributed by atoms with Gasteiger partial charge in [-0.05, 0) is 32.2 Å². The van der Waals surface area contributed by atoms with Gasteiger partial charge in [-0.3, -0.25) is 9.59 Å². The average Bonchev–Trinajstić information content (AvgIpc) is 2.46. The summed E-state index contributed by atoms with van der Waals surface area (Å²) in [5.41, 5.74) is 11.1. The number of carbonyl (C=O) groups excluding carboxylic acids is 2. The molecule has 22 heavy (non-hydrogen) atoms. The second kappa shape index (κ2) is 23.0. The van der Waals surface area contributed by atoms with Crippen LogP contribution in [0.1, 0.15) is 61.3 Å². The number of rotatable bonds is 7. The minimum atomic E-state index is -0.570. The normalized spacial score (nSPS) is 11.2. The Hall–Kier alpha value is -0.252. The van der Waals surface area contributed by atoms with Gasteiger partial charge in [0, 0.05) is 21.1 Å². The standard InChI is InChI=1S/C11H23N3O2.2C2H6.CH3.W/c1-7(2)10(13)11(16)14-9(8(3)15)5-4-6-12;2*1-2;;/h7,9-10H,4-6,12-13H2,1-3H3,(H,14,16);2*1-2H3;1H3;/q;;;-1;. The first kappa shape index (κ1) is 33.4. The molecule has 2 atom stereocenters. The molecule has 0 heterocycles. The number of amides is 1. The second-order valence-electron chi connectivity index (χ2n) is 4.37. The molecule has 0 bridgehead atoms. The van der Waals surface area contributed by atoms with Gasteiger partial charge in [-0.1, -0.05) is 41.5 Å². The number of hydrogen-bond acceptors (Lipinski definition) is 4. The molecule has 0 saturated carbocycles. The number of carbonyl (C=O) groups is 2. The summed E-state index contributed by atoms with van der Waals surface area (Å²) >= 11 is 0. The van der Waals surface area contributed by atoms with Crippen LogP contribution in [0.2, 0.25) is 0 Å². The molecular formula is C16H38N3O2W-. The van der Waals surface area contributed by atoms with Crippen molar-refractivity contribution in [3.63, 3.8) is 0 Å². The SMILES string of the molecule is CC.CC.CC(=O)C(CCCN)NC(=O)C(N)C(C)C.[CH3-].[W]. The maximum Gasteiger partial charge on any atom is 0.237 e. The van der Waals surface area contributed by atoms with Gasteiger partial charge in [0.1, 0.15) is 0 Å². The fraction of sp³-hybridized carbons (Fsp3) is 0.812. The Bertz CT molecular complexity index is 250. The summed E-state index contributed by atoms with van der Waals surface area (Å²) in [5, 5.41) is 2.66. The molecule has 0 aliphatic heterocycles. The van der Waals surface area contributed by atoms with Crippen molar-refractivity contribution in [2.24, 2.45) is 17.4 Å². The van der Waals surface area contributed by atoms with E-state index < -0.39 is 12.1 Å². The van der Waals surface area contributed by atoms with Crippen molar-refractivity contribution >= 4 is 11.7 Å². The van der Waals surface area contributed by atoms with Crippen LogP contribution in [0.25, 0.3) is 0 Å². The third-order valence-corrected chi connectivity index (χ3v) is 2.53. The van der Waals surface area contributed by atoms with Crippen LogP contribution in [-0.2, 0) is 30.7 Å². The van der Waals surface area contributed by atoms with Gasteiger partial charge in [0.05, 0.1) is 12.1 Å². The summed E-state index contributed by atoms with van der Waals surface area (Å²) in [6.45, 7) is 13.7. The fourth-order valence-electron chi connectivity index (χ4n) is 1.27. The van der Waals surface area contributed by atoms with Crippen LogP contribution in [0.3, 0.4) is 0 Å². The Kier molecular flexibility index (Phi) is 34.9. The molecule has 5 nitrogen and oxygen atoms in total. The maximum atomic E-state index is 11.6. The number of nitrogens with one attached hydrogen (secondary N) is 1. The topological polar surface area (TPSA) is 98.2 Å². The Morgan fingerprint density at radius 3 is 1.77 bits per heavy atom. The first-order valence-corrected chi connectivity index (χ1v) is 7.66. The summed E-state index contributed by atoms with van der Waals surface area (Å²) in [4.78, 5) is 22.9. The molecule has 5 N–H and O–H groups in total. The van der Waals surface area contributed by atoms with Gasteiger partial charge in [0.15, 0.2) is 5.78 Å². The monoisotopic (exact) mass is 488 g/mol. The van der Waals surface area contributed by atoms with Crippen LogP contribution in [0.4, 0.5) is 0 Å². The van der Waals surface area contributed by atoms with E-state index >= 15 is 0 Å². The van der Waals surface area contributed by atoms with Crippen molar-refractivity contribution in [2.75, 3.05) is 6.54 Å². The van der Waals surface area contributed by atoms with E-state index in [1.807, 2.05) is 41.5 Å². The number of Topliss-reactive ketones (excluding diaryl/α,β-unsaturated/α-hetero) is 1. The molecule has 0 aliphatic carbocycles. The van der Waals surface area contributed by atoms with Crippen molar-refractivity contribution in [3.8, 4) is 0 Å². The van der Waals surface area contributed by atoms with Gasteiger partial charge in [0.2, 0.25) is 5.91 Å². The smallest absolute Gasteiger partial charge is 0.237 e. The van der Waals surface area contributed by atoms with Gasteiger partial charge in [-0.2, -0.15) is 0 Å². The largest absolute Gasteiger partial charge is 0.358 e. The molecule has 0 radical (unpaired) electrons. The van der Waals surface area contributed by atoms with Gasteiger partial charge in [-0.15, -0.1) is 0 Å². The number of nitrogens with two attached hydrogens (primary N) is 2. The summed E-state index contributed by atoms with van der Waals surface area (Å²) in [6.07, 6.45) is 1.28. The maximum absolute atomic E-state index is 11.6. The van der Waals surface area contributed by atoms with Crippen molar-refractivity contribution < 1.29 is 30.7 Å². The summed E-state index contributed by atoms with van der Waals surface area (Å²) in [7, 11) is 0. The number of hydrogen-bond donors (Lipinski definition) is 3. The fourth-order valence-corrected chi connectivity index (χ4v) is 1.27. The molecule has 0 aromatic carbocycles. The van der Waals surface area contributed by atoms with Gasteiger partial charge in [-0.25, -0.2) is 0 Å². The zero-order valence-electron chi connectivity index (χ0n) is 15.7. The van der Waals surface area contributed by atoms with Crippen LogP contribution in [0.15, 0.2) is 0 Å². The zero-order chi connectivity index (χ0) is 16.7. The predicted molar refractivity (Wildman–Crippen MR) is 92.8 cm³/mol. The molecule has 0 spiro atoms. The molecule has 2 unspecified atom stereocenters. The Morgan fingerprint density at radius 1 is 1.09 bits per heavy atom. The van der Waals surface area contributed by atoms with Crippen molar-refractivity contribution in [1.29, 1.82) is 0 Å². The summed E-state index contributed by atoms with van der Waals surface area (Å²) in [5.74, 6) is -0.271.